The lowest BCUT2D eigenvalue weighted by Gasteiger charge is -2.46. The zero-order valence-corrected chi connectivity index (χ0v) is 13.3. The smallest absolute Gasteiger partial charge is 0.0480 e. The van der Waals surface area contributed by atoms with Crippen LogP contribution in [0.5, 0.6) is 0 Å². The van der Waals surface area contributed by atoms with Crippen LogP contribution in [0.1, 0.15) is 53.9 Å². The maximum atomic E-state index is 6.07. The minimum absolute atomic E-state index is 0.0525. The molecule has 0 aromatic carbocycles. The van der Waals surface area contributed by atoms with Crippen molar-refractivity contribution >= 4 is 0 Å². The fraction of sp³-hybridized carbons (Fsp3) is 1.00. The van der Waals surface area contributed by atoms with Crippen molar-refractivity contribution in [3.05, 3.63) is 0 Å². The van der Waals surface area contributed by atoms with Crippen molar-refractivity contribution < 1.29 is 4.74 Å². The SMILES string of the molecule is CCC(CC)N(CC(C)C)C(C)(CN)CCOC. The summed E-state index contributed by atoms with van der Waals surface area (Å²) in [6.45, 7) is 14.0. The zero-order valence-electron chi connectivity index (χ0n) is 13.3. The lowest BCUT2D eigenvalue weighted by atomic mass is 9.91. The second kappa shape index (κ2) is 8.89. The van der Waals surface area contributed by atoms with Gasteiger partial charge in [-0.15, -0.1) is 0 Å². The molecule has 0 aromatic rings. The zero-order chi connectivity index (χ0) is 14.2. The second-order valence-electron chi connectivity index (χ2n) is 5.96. The summed E-state index contributed by atoms with van der Waals surface area (Å²) in [6, 6.07) is 0.623. The Labute approximate surface area is 114 Å². The molecule has 2 N–H and O–H groups in total. The average molecular weight is 258 g/mol. The van der Waals surface area contributed by atoms with Gasteiger partial charge in [-0.3, -0.25) is 4.90 Å². The summed E-state index contributed by atoms with van der Waals surface area (Å²) >= 11 is 0. The Morgan fingerprint density at radius 2 is 1.78 bits per heavy atom. The fourth-order valence-corrected chi connectivity index (χ4v) is 2.62. The summed E-state index contributed by atoms with van der Waals surface area (Å²) in [5, 5.41) is 0. The number of nitrogens with two attached hydrogens (primary N) is 1. The van der Waals surface area contributed by atoms with Crippen LogP contribution in [-0.2, 0) is 4.74 Å². The predicted octanol–water partition coefficient (Wildman–Crippen LogP) is 2.89. The van der Waals surface area contributed by atoms with E-state index in [-0.39, 0.29) is 5.54 Å². The van der Waals surface area contributed by atoms with E-state index >= 15 is 0 Å². The topological polar surface area (TPSA) is 38.5 Å². The third-order valence-corrected chi connectivity index (χ3v) is 3.92. The standard InChI is InChI=1S/C15H34N2O/c1-7-14(8-2)17(11-13(3)4)15(5,12-16)9-10-18-6/h13-14H,7-12,16H2,1-6H3. The van der Waals surface area contributed by atoms with Crippen molar-refractivity contribution in [3.8, 4) is 0 Å². The van der Waals surface area contributed by atoms with Crippen LogP contribution in [-0.4, -0.2) is 43.3 Å². The fourth-order valence-electron chi connectivity index (χ4n) is 2.62. The van der Waals surface area contributed by atoms with E-state index in [1.165, 1.54) is 12.8 Å². The average Bonchev–Trinajstić information content (AvgIpc) is 2.35. The molecule has 3 nitrogen and oxygen atoms in total. The summed E-state index contributed by atoms with van der Waals surface area (Å²) in [7, 11) is 1.76. The Hall–Kier alpha value is -0.120. The van der Waals surface area contributed by atoms with Gasteiger partial charge in [-0.2, -0.15) is 0 Å². The van der Waals surface area contributed by atoms with Gasteiger partial charge in [0.1, 0.15) is 0 Å². The summed E-state index contributed by atoms with van der Waals surface area (Å²) in [6.07, 6.45) is 3.38. The first kappa shape index (κ1) is 17.9. The van der Waals surface area contributed by atoms with E-state index in [0.29, 0.717) is 18.5 Å². The quantitative estimate of drug-likeness (QED) is 0.655. The number of rotatable bonds is 10. The molecule has 0 aliphatic carbocycles. The Balaban J connectivity index is 4.96. The van der Waals surface area contributed by atoms with Crippen molar-refractivity contribution in [1.82, 2.24) is 4.90 Å². The molecule has 0 saturated heterocycles. The van der Waals surface area contributed by atoms with Crippen molar-refractivity contribution in [2.24, 2.45) is 11.7 Å². The molecule has 0 rings (SSSR count). The van der Waals surface area contributed by atoms with Crippen LogP contribution in [0.15, 0.2) is 0 Å². The minimum Gasteiger partial charge on any atom is -0.385 e. The lowest BCUT2D eigenvalue weighted by molar-refractivity contribution is 0.0205. The maximum absolute atomic E-state index is 6.07. The highest BCUT2D eigenvalue weighted by Crippen LogP contribution is 2.25. The molecule has 1 unspecified atom stereocenters. The van der Waals surface area contributed by atoms with Gasteiger partial charge < -0.3 is 10.5 Å². The van der Waals surface area contributed by atoms with E-state index in [1.807, 2.05) is 0 Å². The van der Waals surface area contributed by atoms with Gasteiger partial charge in [0.15, 0.2) is 0 Å². The minimum atomic E-state index is 0.0525. The lowest BCUT2D eigenvalue weighted by Crippen LogP contribution is -2.57. The highest BCUT2D eigenvalue weighted by molar-refractivity contribution is 4.91. The van der Waals surface area contributed by atoms with E-state index in [9.17, 15) is 0 Å². The molecule has 0 bridgehead atoms. The van der Waals surface area contributed by atoms with Gasteiger partial charge in [-0.25, -0.2) is 0 Å². The Kier molecular flexibility index (Phi) is 8.83. The molecular formula is C15H34N2O. The normalized spacial score (nSPS) is 15.7. The van der Waals surface area contributed by atoms with Gasteiger partial charge in [-0.1, -0.05) is 27.7 Å². The van der Waals surface area contributed by atoms with Gasteiger partial charge in [0.05, 0.1) is 0 Å². The molecule has 0 amide bonds. The van der Waals surface area contributed by atoms with Crippen LogP contribution in [0.3, 0.4) is 0 Å². The molecule has 110 valence electrons. The van der Waals surface area contributed by atoms with Crippen molar-refractivity contribution in [1.29, 1.82) is 0 Å². The molecule has 1 atom stereocenters. The largest absolute Gasteiger partial charge is 0.385 e. The summed E-state index contributed by atoms with van der Waals surface area (Å²) in [5.41, 5.74) is 6.13. The van der Waals surface area contributed by atoms with Crippen LogP contribution in [0.25, 0.3) is 0 Å². The molecule has 0 aliphatic heterocycles. The molecule has 0 aromatic heterocycles. The number of hydrogen-bond donors (Lipinski definition) is 1. The van der Waals surface area contributed by atoms with Crippen molar-refractivity contribution in [2.45, 2.75) is 65.5 Å². The van der Waals surface area contributed by atoms with E-state index in [1.54, 1.807) is 7.11 Å². The Morgan fingerprint density at radius 3 is 2.11 bits per heavy atom. The van der Waals surface area contributed by atoms with E-state index in [2.05, 4.69) is 39.5 Å². The van der Waals surface area contributed by atoms with E-state index in [4.69, 9.17) is 10.5 Å². The molecule has 0 saturated carbocycles. The molecule has 0 radical (unpaired) electrons. The highest BCUT2D eigenvalue weighted by atomic mass is 16.5. The molecule has 0 heterocycles. The summed E-state index contributed by atoms with van der Waals surface area (Å²) < 4.78 is 5.26. The summed E-state index contributed by atoms with van der Waals surface area (Å²) in [5.74, 6) is 0.666. The van der Waals surface area contributed by atoms with Crippen LogP contribution < -0.4 is 5.73 Å². The van der Waals surface area contributed by atoms with Crippen molar-refractivity contribution in [2.75, 3.05) is 26.8 Å². The van der Waals surface area contributed by atoms with Gasteiger partial charge in [-0.05, 0) is 32.1 Å². The maximum Gasteiger partial charge on any atom is 0.0480 e. The predicted molar refractivity (Wildman–Crippen MR) is 79.9 cm³/mol. The van der Waals surface area contributed by atoms with Crippen LogP contribution in [0, 0.1) is 5.92 Å². The molecule has 0 fully saturated rings. The second-order valence-corrected chi connectivity index (χ2v) is 5.96. The third-order valence-electron chi connectivity index (χ3n) is 3.92. The van der Waals surface area contributed by atoms with Crippen LogP contribution in [0.4, 0.5) is 0 Å². The molecule has 0 spiro atoms. The highest BCUT2D eigenvalue weighted by Gasteiger charge is 2.34. The number of nitrogens with zero attached hydrogens (tertiary/aromatic N) is 1. The molecular weight excluding hydrogens is 224 g/mol. The third kappa shape index (κ3) is 5.25. The van der Waals surface area contributed by atoms with Crippen LogP contribution >= 0.6 is 0 Å². The van der Waals surface area contributed by atoms with Crippen molar-refractivity contribution in [3.63, 3.8) is 0 Å². The first-order chi connectivity index (χ1) is 8.45. The first-order valence-corrected chi connectivity index (χ1v) is 7.40. The van der Waals surface area contributed by atoms with Gasteiger partial charge >= 0.3 is 0 Å². The number of hydrogen-bond acceptors (Lipinski definition) is 3. The van der Waals surface area contributed by atoms with Gasteiger partial charge in [0.25, 0.3) is 0 Å². The van der Waals surface area contributed by atoms with Gasteiger partial charge in [0, 0.05) is 38.4 Å². The molecule has 3 heteroatoms. The van der Waals surface area contributed by atoms with E-state index < -0.39 is 0 Å². The molecule has 0 aliphatic rings. The Morgan fingerprint density at radius 1 is 1.22 bits per heavy atom. The number of ether oxygens (including phenoxy) is 1. The Bertz CT molecular complexity index is 205. The number of methoxy groups -OCH3 is 1. The van der Waals surface area contributed by atoms with Crippen LogP contribution in [0.2, 0.25) is 0 Å². The summed E-state index contributed by atoms with van der Waals surface area (Å²) in [4.78, 5) is 2.62. The van der Waals surface area contributed by atoms with E-state index in [0.717, 1.165) is 19.6 Å². The van der Waals surface area contributed by atoms with Gasteiger partial charge in [0.2, 0.25) is 0 Å². The monoisotopic (exact) mass is 258 g/mol. The first-order valence-electron chi connectivity index (χ1n) is 7.40. The molecule has 18 heavy (non-hydrogen) atoms.